The predicted octanol–water partition coefficient (Wildman–Crippen LogP) is 3.28. The molecule has 0 fully saturated rings. The average molecular weight is 234 g/mol. The fourth-order valence-electron chi connectivity index (χ4n) is 1.58. The molecule has 0 amide bonds. The zero-order chi connectivity index (χ0) is 12.3. The molecule has 1 N–H and O–H groups in total. The summed E-state index contributed by atoms with van der Waals surface area (Å²) in [6.07, 6.45) is 1.70. The van der Waals surface area contributed by atoms with Crippen molar-refractivity contribution in [1.82, 2.24) is 4.98 Å². The molecule has 2 nitrogen and oxygen atoms in total. The van der Waals surface area contributed by atoms with Crippen LogP contribution in [0.25, 0.3) is 0 Å². The summed E-state index contributed by atoms with van der Waals surface area (Å²) in [6.45, 7) is 2.23. The molecular formula is C13H12F2N2. The molecule has 0 saturated carbocycles. The van der Waals surface area contributed by atoms with Crippen molar-refractivity contribution < 1.29 is 8.78 Å². The molecule has 0 saturated heterocycles. The van der Waals surface area contributed by atoms with Gasteiger partial charge in [-0.15, -0.1) is 0 Å². The first-order valence-corrected chi connectivity index (χ1v) is 5.25. The van der Waals surface area contributed by atoms with Gasteiger partial charge in [-0.25, -0.2) is 8.78 Å². The molecule has 0 atom stereocenters. The van der Waals surface area contributed by atoms with Crippen LogP contribution in [-0.4, -0.2) is 4.98 Å². The Labute approximate surface area is 98.3 Å². The molecule has 0 unspecified atom stereocenters. The van der Waals surface area contributed by atoms with Crippen LogP contribution >= 0.6 is 0 Å². The molecular weight excluding hydrogens is 222 g/mol. The van der Waals surface area contributed by atoms with E-state index in [1.54, 1.807) is 6.20 Å². The monoisotopic (exact) mass is 234 g/mol. The second-order valence-corrected chi connectivity index (χ2v) is 3.77. The van der Waals surface area contributed by atoms with Crippen molar-refractivity contribution in [2.24, 2.45) is 0 Å². The van der Waals surface area contributed by atoms with E-state index in [2.05, 4.69) is 10.3 Å². The first kappa shape index (κ1) is 11.5. The van der Waals surface area contributed by atoms with Gasteiger partial charge in [-0.3, -0.25) is 4.98 Å². The Morgan fingerprint density at radius 2 is 1.88 bits per heavy atom. The van der Waals surface area contributed by atoms with Crippen LogP contribution in [-0.2, 0) is 6.54 Å². The summed E-state index contributed by atoms with van der Waals surface area (Å²) in [5, 5.41) is 3.09. The Morgan fingerprint density at radius 1 is 1.18 bits per heavy atom. The Kier molecular flexibility index (Phi) is 3.32. The van der Waals surface area contributed by atoms with Gasteiger partial charge in [0.2, 0.25) is 0 Å². The number of nitrogens with zero attached hydrogens (tertiary/aromatic N) is 1. The molecule has 88 valence electrons. The van der Waals surface area contributed by atoms with Crippen LogP contribution in [0.3, 0.4) is 0 Å². The Bertz CT molecular complexity index is 506. The third-order valence-electron chi connectivity index (χ3n) is 2.41. The van der Waals surface area contributed by atoms with Crippen molar-refractivity contribution in [2.45, 2.75) is 13.5 Å². The lowest BCUT2D eigenvalue weighted by molar-refractivity contribution is 0.580. The van der Waals surface area contributed by atoms with E-state index in [4.69, 9.17) is 0 Å². The first-order valence-electron chi connectivity index (χ1n) is 5.25. The number of benzene rings is 1. The summed E-state index contributed by atoms with van der Waals surface area (Å²) >= 11 is 0. The van der Waals surface area contributed by atoms with Crippen molar-refractivity contribution in [3.8, 4) is 0 Å². The summed E-state index contributed by atoms with van der Waals surface area (Å²) in [4.78, 5) is 4.12. The second kappa shape index (κ2) is 4.91. The molecule has 2 rings (SSSR count). The van der Waals surface area contributed by atoms with Gasteiger partial charge in [0.15, 0.2) is 0 Å². The highest BCUT2D eigenvalue weighted by Crippen LogP contribution is 2.13. The molecule has 0 aliphatic heterocycles. The molecule has 17 heavy (non-hydrogen) atoms. The maximum Gasteiger partial charge on any atom is 0.126 e. The van der Waals surface area contributed by atoms with E-state index in [1.807, 2.05) is 19.1 Å². The number of hydrogen-bond donors (Lipinski definition) is 1. The third kappa shape index (κ3) is 3.00. The third-order valence-corrected chi connectivity index (χ3v) is 2.41. The minimum Gasteiger partial charge on any atom is -0.379 e. The number of aromatic nitrogens is 1. The smallest absolute Gasteiger partial charge is 0.126 e. The molecule has 0 spiro atoms. The van der Waals surface area contributed by atoms with Crippen LogP contribution in [0.1, 0.15) is 11.3 Å². The molecule has 1 aromatic heterocycles. The molecule has 0 aliphatic rings. The van der Waals surface area contributed by atoms with Gasteiger partial charge < -0.3 is 5.32 Å². The van der Waals surface area contributed by atoms with Crippen LogP contribution in [0.2, 0.25) is 0 Å². The Morgan fingerprint density at radius 3 is 2.53 bits per heavy atom. The van der Waals surface area contributed by atoms with Crippen molar-refractivity contribution >= 4 is 5.69 Å². The van der Waals surface area contributed by atoms with Crippen molar-refractivity contribution in [3.05, 3.63) is 59.4 Å². The normalized spacial score (nSPS) is 10.3. The minimum absolute atomic E-state index is 0.362. The molecule has 0 aliphatic carbocycles. The topological polar surface area (TPSA) is 24.9 Å². The highest BCUT2D eigenvalue weighted by atomic mass is 19.1. The average Bonchev–Trinajstić information content (AvgIpc) is 2.27. The van der Waals surface area contributed by atoms with Gasteiger partial charge in [-0.05, 0) is 36.8 Å². The van der Waals surface area contributed by atoms with E-state index >= 15 is 0 Å². The number of halogens is 2. The largest absolute Gasteiger partial charge is 0.379 e. The summed E-state index contributed by atoms with van der Waals surface area (Å²) in [6, 6.07) is 7.15. The number of nitrogens with one attached hydrogen (secondary N) is 1. The van der Waals surface area contributed by atoms with Gasteiger partial charge in [0.05, 0.1) is 11.4 Å². The summed E-state index contributed by atoms with van der Waals surface area (Å²) in [5.41, 5.74) is 2.27. The van der Waals surface area contributed by atoms with E-state index in [9.17, 15) is 8.78 Å². The minimum atomic E-state index is -0.565. The molecule has 2 aromatic rings. The van der Waals surface area contributed by atoms with Gasteiger partial charge in [-0.1, -0.05) is 0 Å². The van der Waals surface area contributed by atoms with Gasteiger partial charge in [0, 0.05) is 18.8 Å². The van der Waals surface area contributed by atoms with Gasteiger partial charge >= 0.3 is 0 Å². The molecule has 0 bridgehead atoms. The number of hydrogen-bond acceptors (Lipinski definition) is 2. The zero-order valence-corrected chi connectivity index (χ0v) is 9.37. The van der Waals surface area contributed by atoms with E-state index < -0.39 is 11.6 Å². The number of rotatable bonds is 3. The van der Waals surface area contributed by atoms with E-state index in [-0.39, 0.29) is 0 Å². The number of pyridine rings is 1. The summed E-state index contributed by atoms with van der Waals surface area (Å²) in [7, 11) is 0. The molecule has 0 radical (unpaired) electrons. The number of aryl methyl sites for hydroxylation is 1. The fraction of sp³-hybridized carbons (Fsp3) is 0.154. The second-order valence-electron chi connectivity index (χ2n) is 3.77. The maximum atomic E-state index is 13.0. The van der Waals surface area contributed by atoms with E-state index in [0.29, 0.717) is 12.1 Å². The Hall–Kier alpha value is -1.97. The maximum absolute atomic E-state index is 13.0. The van der Waals surface area contributed by atoms with Crippen LogP contribution in [0.15, 0.2) is 36.5 Å². The quantitative estimate of drug-likeness (QED) is 0.881. The van der Waals surface area contributed by atoms with E-state index in [1.165, 1.54) is 12.1 Å². The predicted molar refractivity (Wildman–Crippen MR) is 62.7 cm³/mol. The lowest BCUT2D eigenvalue weighted by atomic mass is 10.2. The number of anilines is 1. The lowest BCUT2D eigenvalue weighted by Crippen LogP contribution is -2.02. The first-order chi connectivity index (χ1) is 8.15. The van der Waals surface area contributed by atoms with Crippen LogP contribution < -0.4 is 5.32 Å². The van der Waals surface area contributed by atoms with Crippen molar-refractivity contribution in [2.75, 3.05) is 5.32 Å². The standard InChI is InChI=1S/C13H12F2N2/c1-9-13(3-2-4-16-9)17-8-10-5-11(14)7-12(15)6-10/h2-7,17H,8H2,1H3. The van der Waals surface area contributed by atoms with Gasteiger partial charge in [0.1, 0.15) is 11.6 Å². The van der Waals surface area contributed by atoms with Crippen molar-refractivity contribution in [1.29, 1.82) is 0 Å². The SMILES string of the molecule is Cc1ncccc1NCc1cc(F)cc(F)c1. The fourth-order valence-corrected chi connectivity index (χ4v) is 1.58. The summed E-state index contributed by atoms with van der Waals surface area (Å²) in [5.74, 6) is -1.13. The van der Waals surface area contributed by atoms with Crippen LogP contribution in [0, 0.1) is 18.6 Å². The Balaban J connectivity index is 2.10. The lowest BCUT2D eigenvalue weighted by Gasteiger charge is -2.08. The highest BCUT2D eigenvalue weighted by molar-refractivity contribution is 5.47. The molecule has 4 heteroatoms. The molecule has 1 heterocycles. The highest BCUT2D eigenvalue weighted by Gasteiger charge is 2.02. The van der Waals surface area contributed by atoms with Crippen LogP contribution in [0.5, 0.6) is 0 Å². The van der Waals surface area contributed by atoms with Crippen molar-refractivity contribution in [3.63, 3.8) is 0 Å². The van der Waals surface area contributed by atoms with Crippen LogP contribution in [0.4, 0.5) is 14.5 Å². The van der Waals surface area contributed by atoms with Gasteiger partial charge in [0.25, 0.3) is 0 Å². The molecule has 1 aromatic carbocycles. The summed E-state index contributed by atoms with van der Waals surface area (Å²) < 4.78 is 25.9. The van der Waals surface area contributed by atoms with Gasteiger partial charge in [-0.2, -0.15) is 0 Å². The van der Waals surface area contributed by atoms with E-state index in [0.717, 1.165) is 17.4 Å². The zero-order valence-electron chi connectivity index (χ0n) is 9.37.